The summed E-state index contributed by atoms with van der Waals surface area (Å²) in [5.41, 5.74) is 2.86. The van der Waals surface area contributed by atoms with Crippen LogP contribution >= 0.6 is 0 Å². The number of methoxy groups -OCH3 is 1. The third kappa shape index (κ3) is 5.71. The molecule has 0 radical (unpaired) electrons. The van der Waals surface area contributed by atoms with Crippen LogP contribution in [0.2, 0.25) is 0 Å². The molecule has 0 spiro atoms. The molecule has 1 aliphatic heterocycles. The van der Waals surface area contributed by atoms with Crippen molar-refractivity contribution in [1.29, 1.82) is 0 Å². The van der Waals surface area contributed by atoms with E-state index in [1.54, 1.807) is 81.6 Å². The number of nitro benzene ring substituents is 1. The zero-order valence-electron chi connectivity index (χ0n) is 23.2. The number of imidazole rings is 1. The van der Waals surface area contributed by atoms with Crippen LogP contribution in [0.1, 0.15) is 36.6 Å². The van der Waals surface area contributed by atoms with Gasteiger partial charge in [-0.2, -0.15) is 0 Å². The van der Waals surface area contributed by atoms with E-state index in [1.807, 2.05) is 6.07 Å². The lowest BCUT2D eigenvalue weighted by Crippen LogP contribution is -2.40. The topological polar surface area (TPSA) is 138 Å². The molecule has 0 saturated carbocycles. The molecule has 0 bridgehead atoms. The second-order valence-electron chi connectivity index (χ2n) is 9.47. The standard InChI is InChI=1S/C31H28N4O7/c1-4-41-30(37)27-19(2)32-31-33-26(29(36)34(31)28(27)22-10-14-24(40-3)15-11-22)17-21-6-5-7-25(16-21)42-18-20-8-12-23(13-9-20)35(38)39/h5-17,28H,4,18H2,1-3H3,(H,32,33)/b26-17-. The van der Waals surface area contributed by atoms with Gasteiger partial charge in [0, 0.05) is 12.1 Å². The summed E-state index contributed by atoms with van der Waals surface area (Å²) in [5.74, 6) is 0.659. The van der Waals surface area contributed by atoms with Gasteiger partial charge in [-0.1, -0.05) is 24.3 Å². The average molecular weight is 569 g/mol. The maximum absolute atomic E-state index is 13.8. The molecule has 0 aliphatic carbocycles. The van der Waals surface area contributed by atoms with Gasteiger partial charge in [-0.05, 0) is 73.0 Å². The maximum atomic E-state index is 13.8. The molecule has 0 amide bonds. The summed E-state index contributed by atoms with van der Waals surface area (Å²) in [5, 5.41) is 11.2. The smallest absolute Gasteiger partial charge is 0.338 e. The fraction of sp³-hybridized carbons (Fsp3) is 0.194. The first-order valence-electron chi connectivity index (χ1n) is 13.2. The predicted molar refractivity (Wildman–Crippen MR) is 154 cm³/mol. The van der Waals surface area contributed by atoms with Gasteiger partial charge in [0.05, 0.1) is 36.0 Å². The molecule has 1 unspecified atom stereocenters. The summed E-state index contributed by atoms with van der Waals surface area (Å²) in [4.78, 5) is 44.9. The van der Waals surface area contributed by atoms with Crippen LogP contribution < -0.4 is 26.0 Å². The van der Waals surface area contributed by atoms with E-state index in [-0.39, 0.29) is 35.4 Å². The van der Waals surface area contributed by atoms with Crippen molar-refractivity contribution in [3.8, 4) is 11.5 Å². The molecule has 11 heteroatoms. The molecule has 0 fully saturated rings. The van der Waals surface area contributed by atoms with Gasteiger partial charge in [0.1, 0.15) is 23.5 Å². The molecule has 2 heterocycles. The summed E-state index contributed by atoms with van der Waals surface area (Å²) in [6.45, 7) is 3.83. The minimum Gasteiger partial charge on any atom is -0.497 e. The molecule has 0 saturated heterocycles. The number of aromatic nitrogens is 2. The van der Waals surface area contributed by atoms with Crippen molar-refractivity contribution < 1.29 is 23.9 Å². The lowest BCUT2D eigenvalue weighted by atomic mass is 9.96. The number of allylic oxidation sites excluding steroid dienone is 1. The molecule has 3 aromatic carbocycles. The highest BCUT2D eigenvalue weighted by molar-refractivity contribution is 5.91. The van der Waals surface area contributed by atoms with E-state index in [0.717, 1.165) is 5.56 Å². The van der Waals surface area contributed by atoms with E-state index in [2.05, 4.69) is 9.98 Å². The second-order valence-corrected chi connectivity index (χ2v) is 9.47. The van der Waals surface area contributed by atoms with Gasteiger partial charge < -0.3 is 19.2 Å². The molecule has 1 aromatic heterocycles. The Balaban J connectivity index is 1.50. The Morgan fingerprint density at radius 3 is 2.50 bits per heavy atom. The lowest BCUT2D eigenvalue weighted by molar-refractivity contribution is -0.384. The van der Waals surface area contributed by atoms with Crippen molar-refractivity contribution in [2.24, 2.45) is 4.99 Å². The fourth-order valence-corrected chi connectivity index (χ4v) is 4.74. The van der Waals surface area contributed by atoms with Gasteiger partial charge in [-0.15, -0.1) is 0 Å². The van der Waals surface area contributed by atoms with E-state index in [0.29, 0.717) is 33.9 Å². The van der Waals surface area contributed by atoms with Gasteiger partial charge >= 0.3 is 5.97 Å². The number of nitrogens with zero attached hydrogens (tertiary/aromatic N) is 3. The highest BCUT2D eigenvalue weighted by atomic mass is 16.6. The molecule has 1 aliphatic rings. The first kappa shape index (κ1) is 28.1. The van der Waals surface area contributed by atoms with Gasteiger partial charge in [-0.25, -0.2) is 9.79 Å². The number of nitrogens with one attached hydrogen (secondary N) is 1. The number of carbonyl (C=O) groups excluding carboxylic acids is 1. The molecule has 5 rings (SSSR count). The van der Waals surface area contributed by atoms with Gasteiger partial charge in [0.2, 0.25) is 5.62 Å². The van der Waals surface area contributed by atoms with Gasteiger partial charge in [0.15, 0.2) is 0 Å². The van der Waals surface area contributed by atoms with E-state index in [4.69, 9.17) is 14.2 Å². The minimum atomic E-state index is -0.760. The number of benzene rings is 3. The fourth-order valence-electron chi connectivity index (χ4n) is 4.74. The first-order chi connectivity index (χ1) is 20.3. The van der Waals surface area contributed by atoms with Crippen LogP contribution in [0.3, 0.4) is 0 Å². The van der Waals surface area contributed by atoms with Gasteiger partial charge in [-0.3, -0.25) is 19.5 Å². The molecule has 11 nitrogen and oxygen atoms in total. The number of nitro groups is 1. The highest BCUT2D eigenvalue weighted by Crippen LogP contribution is 2.31. The minimum absolute atomic E-state index is 0.0102. The van der Waals surface area contributed by atoms with Crippen LogP contribution in [0.4, 0.5) is 5.69 Å². The number of hydrogen-bond acceptors (Lipinski definition) is 8. The number of rotatable bonds is 9. The third-order valence-electron chi connectivity index (χ3n) is 6.77. The Morgan fingerprint density at radius 2 is 1.83 bits per heavy atom. The highest BCUT2D eigenvalue weighted by Gasteiger charge is 2.33. The molecular weight excluding hydrogens is 540 g/mol. The molecule has 1 N–H and O–H groups in total. The Hall–Kier alpha value is -5.45. The third-order valence-corrected chi connectivity index (χ3v) is 6.77. The number of H-pyrrole nitrogens is 1. The van der Waals surface area contributed by atoms with Crippen molar-refractivity contribution >= 4 is 17.7 Å². The molecule has 214 valence electrons. The number of ether oxygens (including phenoxy) is 3. The van der Waals surface area contributed by atoms with Crippen LogP contribution in [-0.4, -0.2) is 34.2 Å². The van der Waals surface area contributed by atoms with Crippen LogP contribution in [0, 0.1) is 10.1 Å². The van der Waals surface area contributed by atoms with E-state index < -0.39 is 16.9 Å². The second kappa shape index (κ2) is 12.0. The molecule has 4 aromatic rings. The molecule has 42 heavy (non-hydrogen) atoms. The lowest BCUT2D eigenvalue weighted by Gasteiger charge is -2.24. The van der Waals surface area contributed by atoms with Crippen molar-refractivity contribution in [2.45, 2.75) is 26.5 Å². The van der Waals surface area contributed by atoms with Crippen molar-refractivity contribution in [1.82, 2.24) is 9.55 Å². The number of fused-ring (bicyclic) bond motifs is 1. The number of hydrogen-bond donors (Lipinski definition) is 1. The maximum Gasteiger partial charge on any atom is 0.338 e. The monoisotopic (exact) mass is 568 g/mol. The Morgan fingerprint density at radius 1 is 1.10 bits per heavy atom. The van der Waals surface area contributed by atoms with Crippen LogP contribution in [0.25, 0.3) is 6.08 Å². The number of aromatic amines is 1. The molecule has 1 atom stereocenters. The number of non-ortho nitro benzene ring substituents is 1. The van der Waals surface area contributed by atoms with E-state index in [1.165, 1.54) is 16.7 Å². The summed E-state index contributed by atoms with van der Waals surface area (Å²) in [6, 6.07) is 19.7. The summed E-state index contributed by atoms with van der Waals surface area (Å²) >= 11 is 0. The Labute approximate surface area is 240 Å². The SMILES string of the molecule is CCOC(=O)C1=C(C)N=c2[nH]/c(=C\c3cccc(OCc4ccc([N+](=O)[O-])cc4)c3)c(=O)n2C1c1ccc(OC)cc1. The predicted octanol–water partition coefficient (Wildman–Crippen LogP) is 3.56. The quantitative estimate of drug-likeness (QED) is 0.185. The van der Waals surface area contributed by atoms with Crippen LogP contribution in [0.15, 0.2) is 93.9 Å². The van der Waals surface area contributed by atoms with E-state index in [9.17, 15) is 19.7 Å². The summed E-state index contributed by atoms with van der Waals surface area (Å²) in [6.07, 6.45) is 1.69. The summed E-state index contributed by atoms with van der Waals surface area (Å²) < 4.78 is 18.0. The first-order valence-corrected chi connectivity index (χ1v) is 13.2. The van der Waals surface area contributed by atoms with Crippen molar-refractivity contribution in [3.63, 3.8) is 0 Å². The Bertz CT molecular complexity index is 1850. The number of carbonyl (C=O) groups is 1. The van der Waals surface area contributed by atoms with Crippen molar-refractivity contribution in [3.05, 3.63) is 132 Å². The normalized spacial score (nSPS) is 14.6. The van der Waals surface area contributed by atoms with Gasteiger partial charge in [0.25, 0.3) is 11.2 Å². The van der Waals surface area contributed by atoms with Crippen LogP contribution in [0.5, 0.6) is 11.5 Å². The summed E-state index contributed by atoms with van der Waals surface area (Å²) in [7, 11) is 1.56. The number of esters is 1. The Kier molecular flexibility index (Phi) is 8.00. The average Bonchev–Trinajstić information content (AvgIpc) is 3.29. The van der Waals surface area contributed by atoms with E-state index >= 15 is 0 Å². The van der Waals surface area contributed by atoms with Crippen LogP contribution in [-0.2, 0) is 16.1 Å². The van der Waals surface area contributed by atoms with Crippen molar-refractivity contribution in [2.75, 3.05) is 13.7 Å². The largest absolute Gasteiger partial charge is 0.497 e. The zero-order chi connectivity index (χ0) is 29.8. The molecular formula is C31H28N4O7. The zero-order valence-corrected chi connectivity index (χ0v) is 23.2.